The van der Waals surface area contributed by atoms with Crippen LogP contribution in [0.1, 0.15) is 25.3 Å². The first-order valence-corrected chi connectivity index (χ1v) is 12.1. The van der Waals surface area contributed by atoms with Crippen molar-refractivity contribution in [1.29, 1.82) is 0 Å². The van der Waals surface area contributed by atoms with Crippen molar-refractivity contribution in [2.45, 2.75) is 24.6 Å². The Labute approximate surface area is 193 Å². The third-order valence-electron chi connectivity index (χ3n) is 5.91. The smallest absolute Gasteiger partial charge is 0.321 e. The molecule has 2 aromatic rings. The molecule has 1 N–H and O–H groups in total. The molecule has 2 aromatic carbocycles. The van der Waals surface area contributed by atoms with Crippen molar-refractivity contribution in [3.8, 4) is 5.75 Å². The van der Waals surface area contributed by atoms with Gasteiger partial charge in [-0.05, 0) is 55.7 Å². The molecule has 6 nitrogen and oxygen atoms in total. The molecule has 168 valence electrons. The monoisotopic (exact) mass is 451 g/mol. The fraction of sp³-hybridized carbons (Fsp3) is 0.360. The van der Waals surface area contributed by atoms with E-state index < -0.39 is 0 Å². The third-order valence-corrected chi connectivity index (χ3v) is 7.46. The van der Waals surface area contributed by atoms with E-state index in [9.17, 15) is 9.59 Å². The minimum absolute atomic E-state index is 0.0474. The van der Waals surface area contributed by atoms with Gasteiger partial charge >= 0.3 is 6.03 Å². The van der Waals surface area contributed by atoms with Crippen molar-refractivity contribution >= 4 is 35.5 Å². The van der Waals surface area contributed by atoms with Crippen LogP contribution in [0.15, 0.2) is 60.7 Å². The number of thioether (sulfide) groups is 1. The lowest BCUT2D eigenvalue weighted by Crippen LogP contribution is -2.53. The van der Waals surface area contributed by atoms with Crippen LogP contribution in [0.4, 0.5) is 10.5 Å². The SMILES string of the molecule is CCOc1ccc(NC(=O)N2CCC3(CC2)SCCN3C(=O)/C=C/c2ccccc2)cc1. The number of piperidine rings is 1. The maximum absolute atomic E-state index is 12.9. The predicted molar refractivity (Wildman–Crippen MR) is 130 cm³/mol. The maximum atomic E-state index is 12.9. The van der Waals surface area contributed by atoms with E-state index in [1.165, 1.54) is 0 Å². The number of carbonyl (C=O) groups is 2. The lowest BCUT2D eigenvalue weighted by Gasteiger charge is -2.43. The zero-order chi connectivity index (χ0) is 22.4. The van der Waals surface area contributed by atoms with Gasteiger partial charge in [-0.3, -0.25) is 4.79 Å². The number of nitrogens with zero attached hydrogens (tertiary/aromatic N) is 2. The van der Waals surface area contributed by atoms with Crippen LogP contribution in [0, 0.1) is 0 Å². The van der Waals surface area contributed by atoms with Gasteiger partial charge in [-0.15, -0.1) is 11.8 Å². The Balaban J connectivity index is 1.33. The van der Waals surface area contributed by atoms with Crippen molar-refractivity contribution in [3.63, 3.8) is 0 Å². The first-order chi connectivity index (χ1) is 15.6. The van der Waals surface area contributed by atoms with Gasteiger partial charge in [-0.1, -0.05) is 30.3 Å². The van der Waals surface area contributed by atoms with E-state index in [0.717, 1.165) is 42.1 Å². The molecule has 0 saturated carbocycles. The van der Waals surface area contributed by atoms with E-state index in [2.05, 4.69) is 5.32 Å². The molecular weight excluding hydrogens is 422 g/mol. The summed E-state index contributed by atoms with van der Waals surface area (Å²) >= 11 is 1.85. The molecule has 0 aromatic heterocycles. The molecule has 0 radical (unpaired) electrons. The van der Waals surface area contributed by atoms with E-state index in [-0.39, 0.29) is 16.8 Å². The third kappa shape index (κ3) is 5.10. The number of hydrogen-bond acceptors (Lipinski definition) is 4. The second-order valence-corrected chi connectivity index (χ2v) is 9.36. The minimum Gasteiger partial charge on any atom is -0.494 e. The van der Waals surface area contributed by atoms with Crippen molar-refractivity contribution < 1.29 is 14.3 Å². The Morgan fingerprint density at radius 2 is 1.78 bits per heavy atom. The molecule has 0 aliphatic carbocycles. The highest BCUT2D eigenvalue weighted by Crippen LogP contribution is 2.44. The number of benzene rings is 2. The summed E-state index contributed by atoms with van der Waals surface area (Å²) in [4.78, 5) is 29.3. The molecule has 4 rings (SSSR count). The van der Waals surface area contributed by atoms with Gasteiger partial charge in [0.25, 0.3) is 0 Å². The Bertz CT molecular complexity index is 954. The number of rotatable bonds is 5. The van der Waals surface area contributed by atoms with E-state index in [1.54, 1.807) is 6.08 Å². The normalized spacial score (nSPS) is 17.7. The van der Waals surface area contributed by atoms with E-state index >= 15 is 0 Å². The predicted octanol–water partition coefficient (Wildman–Crippen LogP) is 4.70. The van der Waals surface area contributed by atoms with Gasteiger partial charge < -0.3 is 19.9 Å². The van der Waals surface area contributed by atoms with Crippen LogP contribution in [-0.2, 0) is 4.79 Å². The van der Waals surface area contributed by atoms with Crippen LogP contribution >= 0.6 is 11.8 Å². The quantitative estimate of drug-likeness (QED) is 0.670. The summed E-state index contributed by atoms with van der Waals surface area (Å²) in [5.74, 6) is 1.77. The topological polar surface area (TPSA) is 61.9 Å². The number of hydrogen-bond donors (Lipinski definition) is 1. The molecule has 2 aliphatic heterocycles. The Morgan fingerprint density at radius 3 is 2.47 bits per heavy atom. The zero-order valence-corrected chi connectivity index (χ0v) is 19.1. The zero-order valence-electron chi connectivity index (χ0n) is 18.3. The molecule has 0 unspecified atom stereocenters. The van der Waals surface area contributed by atoms with Crippen LogP contribution in [0.2, 0.25) is 0 Å². The number of anilines is 1. The summed E-state index contributed by atoms with van der Waals surface area (Å²) in [6, 6.07) is 17.2. The van der Waals surface area contributed by atoms with Crippen LogP contribution in [-0.4, -0.2) is 58.6 Å². The average Bonchev–Trinajstić information content (AvgIpc) is 3.23. The van der Waals surface area contributed by atoms with E-state index in [4.69, 9.17) is 4.74 Å². The maximum Gasteiger partial charge on any atom is 0.321 e. The molecule has 2 fully saturated rings. The Hall–Kier alpha value is -2.93. The van der Waals surface area contributed by atoms with Crippen molar-refractivity contribution in [2.24, 2.45) is 0 Å². The summed E-state index contributed by atoms with van der Waals surface area (Å²) in [7, 11) is 0. The standard InChI is InChI=1S/C25H29N3O3S/c1-2-31-22-11-9-21(10-12-22)26-24(30)27-16-14-25(15-17-27)28(18-19-32-25)23(29)13-8-20-6-4-3-5-7-20/h3-13H,2,14-19H2,1H3,(H,26,30)/b13-8+. The van der Waals surface area contributed by atoms with Crippen molar-refractivity contribution in [3.05, 3.63) is 66.2 Å². The van der Waals surface area contributed by atoms with Crippen LogP contribution in [0.25, 0.3) is 6.08 Å². The van der Waals surface area contributed by atoms with Crippen LogP contribution in [0.5, 0.6) is 5.75 Å². The number of nitrogens with one attached hydrogen (secondary N) is 1. The highest BCUT2D eigenvalue weighted by Gasteiger charge is 2.46. The van der Waals surface area contributed by atoms with Gasteiger partial charge in [0.2, 0.25) is 5.91 Å². The largest absolute Gasteiger partial charge is 0.494 e. The minimum atomic E-state index is -0.214. The Morgan fingerprint density at radius 1 is 1.06 bits per heavy atom. The number of ether oxygens (including phenoxy) is 1. The second kappa shape index (κ2) is 10.1. The summed E-state index contributed by atoms with van der Waals surface area (Å²) < 4.78 is 5.45. The van der Waals surface area contributed by atoms with Crippen LogP contribution in [0.3, 0.4) is 0 Å². The van der Waals surface area contributed by atoms with Gasteiger partial charge in [0.05, 0.1) is 11.5 Å². The van der Waals surface area contributed by atoms with Gasteiger partial charge in [0.15, 0.2) is 0 Å². The molecule has 2 aliphatic rings. The number of amides is 3. The number of likely N-dealkylation sites (tertiary alicyclic amines) is 1. The summed E-state index contributed by atoms with van der Waals surface area (Å²) in [6.07, 6.45) is 5.10. The van der Waals surface area contributed by atoms with Gasteiger partial charge in [-0.25, -0.2) is 4.79 Å². The molecular formula is C25H29N3O3S. The first-order valence-electron chi connectivity index (χ1n) is 11.1. The first kappa shape index (κ1) is 22.3. The highest BCUT2D eigenvalue weighted by molar-refractivity contribution is 8.00. The highest BCUT2D eigenvalue weighted by atomic mass is 32.2. The lowest BCUT2D eigenvalue weighted by molar-refractivity contribution is -0.129. The molecule has 2 saturated heterocycles. The molecule has 3 amide bonds. The second-order valence-electron chi connectivity index (χ2n) is 7.90. The molecule has 1 spiro atoms. The lowest BCUT2D eigenvalue weighted by atomic mass is 10.0. The summed E-state index contributed by atoms with van der Waals surface area (Å²) in [5.41, 5.74) is 1.76. The van der Waals surface area contributed by atoms with Gasteiger partial charge in [0.1, 0.15) is 5.75 Å². The summed E-state index contributed by atoms with van der Waals surface area (Å²) in [5, 5.41) is 2.97. The van der Waals surface area contributed by atoms with Gasteiger partial charge in [0, 0.05) is 37.2 Å². The van der Waals surface area contributed by atoms with Gasteiger partial charge in [-0.2, -0.15) is 0 Å². The van der Waals surface area contributed by atoms with Crippen molar-refractivity contribution in [1.82, 2.24) is 9.80 Å². The fourth-order valence-electron chi connectivity index (χ4n) is 4.22. The molecule has 0 atom stereocenters. The molecule has 0 bridgehead atoms. The molecule has 7 heteroatoms. The Kier molecular flexibility index (Phi) is 7.05. The number of urea groups is 1. The molecule has 32 heavy (non-hydrogen) atoms. The van der Waals surface area contributed by atoms with Crippen molar-refractivity contribution in [2.75, 3.05) is 37.3 Å². The average molecular weight is 452 g/mol. The fourth-order valence-corrected chi connectivity index (χ4v) is 5.68. The summed E-state index contributed by atoms with van der Waals surface area (Å²) in [6.45, 7) is 4.56. The van der Waals surface area contributed by atoms with Crippen LogP contribution < -0.4 is 10.1 Å². The van der Waals surface area contributed by atoms with E-state index in [1.807, 2.05) is 89.2 Å². The molecule has 2 heterocycles. The van der Waals surface area contributed by atoms with E-state index in [0.29, 0.717) is 19.7 Å². The number of carbonyl (C=O) groups excluding carboxylic acids is 2.